The highest BCUT2D eigenvalue weighted by molar-refractivity contribution is 5.83. The Labute approximate surface area is 66.7 Å². The zero-order chi connectivity index (χ0) is 8.43. The molecule has 1 heterocycles. The number of carbonyl (C=O) groups excluding carboxylic acids is 1. The van der Waals surface area contributed by atoms with Crippen LogP contribution in [0, 0.1) is 11.8 Å². The van der Waals surface area contributed by atoms with E-state index >= 15 is 0 Å². The quantitative estimate of drug-likeness (QED) is 0.567. The van der Waals surface area contributed by atoms with Crippen LogP contribution in [0.3, 0.4) is 0 Å². The predicted octanol–water partition coefficient (Wildman–Crippen LogP) is 0.830. The number of ketones is 1. The van der Waals surface area contributed by atoms with Crippen LogP contribution in [0.15, 0.2) is 0 Å². The molecule has 0 unspecified atom stereocenters. The zero-order valence-corrected chi connectivity index (χ0v) is 7.16. The molecule has 0 aliphatic carbocycles. The van der Waals surface area contributed by atoms with Gasteiger partial charge < -0.3 is 9.47 Å². The molecule has 0 aromatic heterocycles. The van der Waals surface area contributed by atoms with E-state index < -0.39 is 0 Å². The molecule has 1 fully saturated rings. The van der Waals surface area contributed by atoms with Crippen molar-refractivity contribution in [2.24, 2.45) is 11.8 Å². The third-order valence-corrected chi connectivity index (χ3v) is 2.09. The van der Waals surface area contributed by atoms with Gasteiger partial charge in [-0.3, -0.25) is 4.79 Å². The fourth-order valence-electron chi connectivity index (χ4n) is 1.32. The molecular weight excluding hydrogens is 144 g/mol. The minimum Gasteiger partial charge on any atom is -0.355 e. The van der Waals surface area contributed by atoms with Gasteiger partial charge in [0.1, 0.15) is 5.78 Å². The van der Waals surface area contributed by atoms with Gasteiger partial charge in [0, 0.05) is 13.0 Å². The predicted molar refractivity (Wildman–Crippen MR) is 40.1 cm³/mol. The van der Waals surface area contributed by atoms with Crippen LogP contribution >= 0.6 is 0 Å². The summed E-state index contributed by atoms with van der Waals surface area (Å²) in [7, 11) is 1.56. The second kappa shape index (κ2) is 3.32. The first-order valence-electron chi connectivity index (χ1n) is 3.85. The molecule has 0 aromatic rings. The first-order valence-corrected chi connectivity index (χ1v) is 3.85. The van der Waals surface area contributed by atoms with Crippen LogP contribution in [0.2, 0.25) is 0 Å². The molecule has 0 aromatic carbocycles. The lowest BCUT2D eigenvalue weighted by atomic mass is 9.93. The van der Waals surface area contributed by atoms with Gasteiger partial charge in [-0.05, 0) is 0 Å². The van der Waals surface area contributed by atoms with Gasteiger partial charge in [-0.25, -0.2) is 0 Å². The molecular formula is C8H14O3. The van der Waals surface area contributed by atoms with Gasteiger partial charge in [0.05, 0.1) is 12.5 Å². The molecule has 0 amide bonds. The number of ether oxygens (including phenoxy) is 2. The van der Waals surface area contributed by atoms with Gasteiger partial charge in [0.2, 0.25) is 0 Å². The molecule has 1 rings (SSSR count). The zero-order valence-electron chi connectivity index (χ0n) is 7.16. The molecule has 1 saturated heterocycles. The monoisotopic (exact) mass is 158 g/mol. The number of carbonyl (C=O) groups is 1. The van der Waals surface area contributed by atoms with Crippen molar-refractivity contribution in [1.29, 1.82) is 0 Å². The summed E-state index contributed by atoms with van der Waals surface area (Å²) < 4.78 is 10.3. The van der Waals surface area contributed by atoms with Crippen LogP contribution in [0.4, 0.5) is 0 Å². The molecule has 1 aliphatic rings. The topological polar surface area (TPSA) is 35.5 Å². The molecule has 0 radical (unpaired) electrons. The lowest BCUT2D eigenvalue weighted by Crippen LogP contribution is -2.41. The van der Waals surface area contributed by atoms with Gasteiger partial charge >= 0.3 is 0 Å². The average molecular weight is 158 g/mol. The Bertz CT molecular complexity index is 155. The summed E-state index contributed by atoms with van der Waals surface area (Å²) in [6, 6.07) is 0. The van der Waals surface area contributed by atoms with Crippen LogP contribution in [-0.4, -0.2) is 25.8 Å². The Hall–Kier alpha value is -0.410. The Morgan fingerprint density at radius 2 is 2.18 bits per heavy atom. The SMILES string of the molecule is CO[C@H]1OC[C@@H](C)C(=O)[C@@H]1C. The maximum Gasteiger partial charge on any atom is 0.166 e. The van der Waals surface area contributed by atoms with Crippen molar-refractivity contribution in [3.63, 3.8) is 0 Å². The molecule has 3 nitrogen and oxygen atoms in total. The number of Topliss-reactive ketones (excluding diaryl/α,β-unsaturated/α-hetero) is 1. The number of rotatable bonds is 1. The Morgan fingerprint density at radius 1 is 1.55 bits per heavy atom. The van der Waals surface area contributed by atoms with Crippen LogP contribution in [0.5, 0.6) is 0 Å². The smallest absolute Gasteiger partial charge is 0.166 e. The summed E-state index contributed by atoms with van der Waals surface area (Å²) in [6.45, 7) is 4.21. The molecule has 0 saturated carbocycles. The van der Waals surface area contributed by atoms with E-state index in [0.717, 1.165) is 0 Å². The Balaban J connectivity index is 2.59. The summed E-state index contributed by atoms with van der Waals surface area (Å²) >= 11 is 0. The normalized spacial score (nSPS) is 39.2. The van der Waals surface area contributed by atoms with Crippen LogP contribution < -0.4 is 0 Å². The molecule has 1 aliphatic heterocycles. The highest BCUT2D eigenvalue weighted by atomic mass is 16.7. The van der Waals surface area contributed by atoms with Crippen molar-refractivity contribution in [3.05, 3.63) is 0 Å². The molecule has 0 bridgehead atoms. The maximum atomic E-state index is 11.3. The number of methoxy groups -OCH3 is 1. The summed E-state index contributed by atoms with van der Waals surface area (Å²) in [4.78, 5) is 11.3. The van der Waals surface area contributed by atoms with E-state index in [1.807, 2.05) is 13.8 Å². The van der Waals surface area contributed by atoms with Crippen molar-refractivity contribution in [2.45, 2.75) is 20.1 Å². The van der Waals surface area contributed by atoms with Crippen molar-refractivity contribution in [3.8, 4) is 0 Å². The molecule has 3 atom stereocenters. The minimum atomic E-state index is -0.335. The molecule has 64 valence electrons. The van der Waals surface area contributed by atoms with Crippen LogP contribution in [-0.2, 0) is 14.3 Å². The van der Waals surface area contributed by atoms with Gasteiger partial charge in [-0.2, -0.15) is 0 Å². The second-order valence-corrected chi connectivity index (χ2v) is 3.03. The van der Waals surface area contributed by atoms with Gasteiger partial charge in [-0.15, -0.1) is 0 Å². The first-order chi connectivity index (χ1) is 5.16. The third kappa shape index (κ3) is 1.60. The van der Waals surface area contributed by atoms with E-state index in [-0.39, 0.29) is 23.9 Å². The van der Waals surface area contributed by atoms with Crippen molar-refractivity contribution in [2.75, 3.05) is 13.7 Å². The van der Waals surface area contributed by atoms with Gasteiger partial charge in [0.15, 0.2) is 6.29 Å². The molecule has 0 N–H and O–H groups in total. The van der Waals surface area contributed by atoms with Crippen LogP contribution in [0.25, 0.3) is 0 Å². The van der Waals surface area contributed by atoms with E-state index in [1.54, 1.807) is 7.11 Å². The van der Waals surface area contributed by atoms with E-state index in [9.17, 15) is 4.79 Å². The van der Waals surface area contributed by atoms with Gasteiger partial charge in [-0.1, -0.05) is 13.8 Å². The Morgan fingerprint density at radius 3 is 2.73 bits per heavy atom. The highest BCUT2D eigenvalue weighted by Gasteiger charge is 2.33. The highest BCUT2D eigenvalue weighted by Crippen LogP contribution is 2.21. The largest absolute Gasteiger partial charge is 0.355 e. The summed E-state index contributed by atoms with van der Waals surface area (Å²) in [6.07, 6.45) is -0.335. The Kier molecular flexibility index (Phi) is 2.62. The van der Waals surface area contributed by atoms with Gasteiger partial charge in [0.25, 0.3) is 0 Å². The third-order valence-electron chi connectivity index (χ3n) is 2.09. The van der Waals surface area contributed by atoms with E-state index in [1.165, 1.54) is 0 Å². The minimum absolute atomic E-state index is 0.0244. The van der Waals surface area contributed by atoms with Crippen molar-refractivity contribution < 1.29 is 14.3 Å². The molecule has 0 spiro atoms. The van der Waals surface area contributed by atoms with Crippen molar-refractivity contribution in [1.82, 2.24) is 0 Å². The summed E-state index contributed by atoms with van der Waals surface area (Å²) in [5.74, 6) is 0.142. The number of hydrogen-bond acceptors (Lipinski definition) is 3. The number of hydrogen-bond donors (Lipinski definition) is 0. The fourth-order valence-corrected chi connectivity index (χ4v) is 1.32. The van der Waals surface area contributed by atoms with E-state index in [2.05, 4.69) is 0 Å². The van der Waals surface area contributed by atoms with Crippen LogP contribution in [0.1, 0.15) is 13.8 Å². The average Bonchev–Trinajstić information content (AvgIpc) is 2.01. The standard InChI is InChI=1S/C8H14O3/c1-5-4-11-8(10-3)6(2)7(5)9/h5-6,8H,4H2,1-3H3/t5-,6+,8+/m1/s1. The van der Waals surface area contributed by atoms with E-state index in [0.29, 0.717) is 6.61 Å². The fraction of sp³-hybridized carbons (Fsp3) is 0.875. The molecule has 11 heavy (non-hydrogen) atoms. The second-order valence-electron chi connectivity index (χ2n) is 3.03. The summed E-state index contributed by atoms with van der Waals surface area (Å²) in [5, 5.41) is 0. The van der Waals surface area contributed by atoms with Crippen molar-refractivity contribution >= 4 is 5.78 Å². The summed E-state index contributed by atoms with van der Waals surface area (Å²) in [5.41, 5.74) is 0. The maximum absolute atomic E-state index is 11.3. The first kappa shape index (κ1) is 8.68. The molecule has 3 heteroatoms. The van der Waals surface area contributed by atoms with E-state index in [4.69, 9.17) is 9.47 Å². The lowest BCUT2D eigenvalue weighted by Gasteiger charge is -2.30. The lowest BCUT2D eigenvalue weighted by molar-refractivity contribution is -0.189.